The van der Waals surface area contributed by atoms with Crippen LogP contribution in [0.15, 0.2) is 72.2 Å². The summed E-state index contributed by atoms with van der Waals surface area (Å²) in [4.78, 5) is 20.9. The smallest absolute Gasteiger partial charge is 0.226 e. The zero-order valence-corrected chi connectivity index (χ0v) is 18.9. The highest BCUT2D eigenvalue weighted by atomic mass is 32.1. The van der Waals surface area contributed by atoms with Gasteiger partial charge in [-0.25, -0.2) is 4.98 Å². The second-order valence-electron chi connectivity index (χ2n) is 8.47. The second kappa shape index (κ2) is 9.67. The number of hydrogen-bond acceptors (Lipinski definition) is 4. The first kappa shape index (κ1) is 20.9. The maximum Gasteiger partial charge on any atom is 0.226 e. The van der Waals surface area contributed by atoms with Crippen molar-refractivity contribution in [3.05, 3.63) is 83.5 Å². The van der Waals surface area contributed by atoms with E-state index in [1.165, 1.54) is 5.56 Å². The molecule has 0 bridgehead atoms. The lowest BCUT2D eigenvalue weighted by molar-refractivity contribution is -0.121. The number of piperidine rings is 1. The molecule has 0 atom stereocenters. The molecular weight excluding hydrogens is 416 g/mol. The van der Waals surface area contributed by atoms with Crippen molar-refractivity contribution in [1.82, 2.24) is 19.6 Å². The number of carbonyl (C=O) groups is 1. The number of fused-ring (bicyclic) bond motifs is 1. The zero-order chi connectivity index (χ0) is 21.8. The monoisotopic (exact) mass is 444 g/mol. The van der Waals surface area contributed by atoms with E-state index in [2.05, 4.69) is 57.1 Å². The topological polar surface area (TPSA) is 49.6 Å². The quantitative estimate of drug-likeness (QED) is 0.459. The average molecular weight is 445 g/mol. The predicted octanol–water partition coefficient (Wildman–Crippen LogP) is 4.43. The van der Waals surface area contributed by atoms with Crippen molar-refractivity contribution in [3.63, 3.8) is 0 Å². The summed E-state index contributed by atoms with van der Waals surface area (Å²) < 4.78 is 2.05. The molecule has 1 saturated heterocycles. The summed E-state index contributed by atoms with van der Waals surface area (Å²) >= 11 is 1.59. The molecule has 2 aromatic heterocycles. The molecule has 0 unspecified atom stereocenters. The lowest BCUT2D eigenvalue weighted by atomic mass is 10.0. The Hall–Kier alpha value is -2.96. The molecule has 1 amide bonds. The van der Waals surface area contributed by atoms with E-state index in [0.29, 0.717) is 6.42 Å². The lowest BCUT2D eigenvalue weighted by Gasteiger charge is -2.32. The van der Waals surface area contributed by atoms with Crippen molar-refractivity contribution >= 4 is 22.2 Å². The molecule has 32 heavy (non-hydrogen) atoms. The van der Waals surface area contributed by atoms with E-state index in [4.69, 9.17) is 4.98 Å². The molecule has 5 rings (SSSR count). The maximum atomic E-state index is 12.7. The Morgan fingerprint density at radius 1 is 1.03 bits per heavy atom. The van der Waals surface area contributed by atoms with Gasteiger partial charge in [0.05, 0.1) is 12.1 Å². The van der Waals surface area contributed by atoms with E-state index in [1.807, 2.05) is 29.8 Å². The van der Waals surface area contributed by atoms with E-state index < -0.39 is 0 Å². The number of thiazole rings is 1. The molecule has 0 radical (unpaired) electrons. The highest BCUT2D eigenvalue weighted by Gasteiger charge is 2.21. The minimum Gasteiger partial charge on any atom is -0.353 e. The molecule has 1 aliphatic heterocycles. The second-order valence-corrected chi connectivity index (χ2v) is 9.30. The first-order valence-electron chi connectivity index (χ1n) is 11.3. The molecule has 0 spiro atoms. The number of aromatic nitrogens is 2. The SMILES string of the molecule is O=C(Cc1csc2nc(-c3ccccc3)cn12)NC1CCN(CCc2ccccc2)CC1. The van der Waals surface area contributed by atoms with E-state index >= 15 is 0 Å². The van der Waals surface area contributed by atoms with Crippen LogP contribution >= 0.6 is 11.3 Å². The molecule has 4 aromatic rings. The summed E-state index contributed by atoms with van der Waals surface area (Å²) in [5.41, 5.74) is 4.43. The average Bonchev–Trinajstić information content (AvgIpc) is 3.42. The van der Waals surface area contributed by atoms with Crippen molar-refractivity contribution in [3.8, 4) is 11.3 Å². The Morgan fingerprint density at radius 3 is 2.50 bits per heavy atom. The highest BCUT2D eigenvalue weighted by Crippen LogP contribution is 2.24. The van der Waals surface area contributed by atoms with Gasteiger partial charge in [0.2, 0.25) is 5.91 Å². The van der Waals surface area contributed by atoms with Crippen LogP contribution in [0.3, 0.4) is 0 Å². The summed E-state index contributed by atoms with van der Waals surface area (Å²) in [6, 6.07) is 21.1. The molecule has 0 aliphatic carbocycles. The van der Waals surface area contributed by atoms with Crippen LogP contribution in [0.2, 0.25) is 0 Å². The molecule has 3 heterocycles. The number of likely N-dealkylation sites (tertiary alicyclic amines) is 1. The fourth-order valence-corrected chi connectivity index (χ4v) is 5.25. The third kappa shape index (κ3) is 4.92. The van der Waals surface area contributed by atoms with Gasteiger partial charge in [-0.15, -0.1) is 11.3 Å². The van der Waals surface area contributed by atoms with Gasteiger partial charge in [-0.3, -0.25) is 9.20 Å². The number of carbonyl (C=O) groups excluding carboxylic acids is 1. The summed E-state index contributed by atoms with van der Waals surface area (Å²) in [5, 5.41) is 5.30. The molecule has 5 nitrogen and oxygen atoms in total. The van der Waals surface area contributed by atoms with Gasteiger partial charge in [0.1, 0.15) is 0 Å². The third-order valence-electron chi connectivity index (χ3n) is 6.21. The molecule has 2 aromatic carbocycles. The highest BCUT2D eigenvalue weighted by molar-refractivity contribution is 7.15. The van der Waals surface area contributed by atoms with Gasteiger partial charge >= 0.3 is 0 Å². The third-order valence-corrected chi connectivity index (χ3v) is 7.10. The van der Waals surface area contributed by atoms with E-state index in [-0.39, 0.29) is 11.9 Å². The number of amides is 1. The van der Waals surface area contributed by atoms with Crippen LogP contribution in [0.1, 0.15) is 24.1 Å². The summed E-state index contributed by atoms with van der Waals surface area (Å²) in [6.07, 6.45) is 5.54. The molecule has 6 heteroatoms. The number of rotatable bonds is 7. The first-order chi connectivity index (χ1) is 15.7. The minimum atomic E-state index is 0.0994. The first-order valence-corrected chi connectivity index (χ1v) is 12.2. The lowest BCUT2D eigenvalue weighted by Crippen LogP contribution is -2.45. The molecule has 1 aliphatic rings. The van der Waals surface area contributed by atoms with Gasteiger partial charge in [0, 0.05) is 48.5 Å². The normalized spacial score (nSPS) is 15.2. The van der Waals surface area contributed by atoms with Crippen LogP contribution in [0.25, 0.3) is 16.2 Å². The summed E-state index contributed by atoms with van der Waals surface area (Å²) in [7, 11) is 0. The van der Waals surface area contributed by atoms with Crippen LogP contribution < -0.4 is 5.32 Å². The zero-order valence-electron chi connectivity index (χ0n) is 18.1. The Bertz CT molecular complexity index is 1160. The standard InChI is InChI=1S/C26H28N4OS/c31-25(27-22-12-15-29(16-13-22)14-11-20-7-3-1-4-8-20)17-23-19-32-26-28-24(18-30(23)26)21-9-5-2-6-10-21/h1-10,18-19,22H,11-17H2,(H,27,31). The van der Waals surface area contributed by atoms with E-state index in [9.17, 15) is 4.79 Å². The fraction of sp³-hybridized carbons (Fsp3) is 0.308. The molecule has 1 fully saturated rings. The Balaban J connectivity index is 1.12. The Kier molecular flexibility index (Phi) is 6.32. The number of imidazole rings is 1. The summed E-state index contributed by atoms with van der Waals surface area (Å²) in [6.45, 7) is 3.17. The summed E-state index contributed by atoms with van der Waals surface area (Å²) in [5.74, 6) is 0.0994. The molecule has 1 N–H and O–H groups in total. The van der Waals surface area contributed by atoms with Crippen molar-refractivity contribution < 1.29 is 4.79 Å². The predicted molar refractivity (Wildman–Crippen MR) is 130 cm³/mol. The van der Waals surface area contributed by atoms with Gasteiger partial charge in [0.25, 0.3) is 0 Å². The van der Waals surface area contributed by atoms with Gasteiger partial charge < -0.3 is 10.2 Å². The van der Waals surface area contributed by atoms with E-state index in [1.54, 1.807) is 11.3 Å². The van der Waals surface area contributed by atoms with Gasteiger partial charge in [0.15, 0.2) is 4.96 Å². The van der Waals surface area contributed by atoms with Gasteiger partial charge in [-0.2, -0.15) is 0 Å². The van der Waals surface area contributed by atoms with Crippen molar-refractivity contribution in [2.24, 2.45) is 0 Å². The van der Waals surface area contributed by atoms with Crippen LogP contribution in [-0.4, -0.2) is 45.9 Å². The minimum absolute atomic E-state index is 0.0994. The van der Waals surface area contributed by atoms with Crippen LogP contribution in [0.4, 0.5) is 0 Å². The van der Waals surface area contributed by atoms with Gasteiger partial charge in [-0.05, 0) is 24.8 Å². The van der Waals surface area contributed by atoms with Crippen LogP contribution in [0, 0.1) is 0 Å². The van der Waals surface area contributed by atoms with Crippen LogP contribution in [0.5, 0.6) is 0 Å². The van der Waals surface area contributed by atoms with Gasteiger partial charge in [-0.1, -0.05) is 60.7 Å². The molecule has 164 valence electrons. The Labute approximate surface area is 192 Å². The fourth-order valence-electron chi connectivity index (χ4n) is 4.38. The largest absolute Gasteiger partial charge is 0.353 e. The Morgan fingerprint density at radius 2 is 1.75 bits per heavy atom. The maximum absolute atomic E-state index is 12.7. The van der Waals surface area contributed by atoms with Crippen molar-refractivity contribution in [1.29, 1.82) is 0 Å². The number of nitrogens with one attached hydrogen (secondary N) is 1. The molecule has 0 saturated carbocycles. The number of hydrogen-bond donors (Lipinski definition) is 1. The van der Waals surface area contributed by atoms with Crippen molar-refractivity contribution in [2.75, 3.05) is 19.6 Å². The molecular formula is C26H28N4OS. The number of nitrogens with zero attached hydrogens (tertiary/aromatic N) is 3. The van der Waals surface area contributed by atoms with E-state index in [0.717, 1.165) is 60.8 Å². The number of benzene rings is 2. The van der Waals surface area contributed by atoms with Crippen molar-refractivity contribution in [2.45, 2.75) is 31.7 Å². The van der Waals surface area contributed by atoms with Crippen LogP contribution in [-0.2, 0) is 17.6 Å².